The van der Waals surface area contributed by atoms with Crippen LogP contribution in [0.25, 0.3) is 11.1 Å². The Hall–Kier alpha value is -2.92. The van der Waals surface area contributed by atoms with E-state index in [2.05, 4.69) is 43.8 Å². The third kappa shape index (κ3) is 3.13. The Morgan fingerprint density at radius 1 is 1.38 bits per heavy atom. The second kappa shape index (κ2) is 6.77. The molecule has 0 atom stereocenters. The van der Waals surface area contributed by atoms with E-state index in [-0.39, 0.29) is 5.56 Å². The van der Waals surface area contributed by atoms with Gasteiger partial charge in [-0.3, -0.25) is 4.79 Å². The molecule has 2 N–H and O–H groups in total. The Morgan fingerprint density at radius 2 is 2.23 bits per heavy atom. The Kier molecular flexibility index (Phi) is 4.31. The highest BCUT2D eigenvalue weighted by atomic mass is 32.2. The molecule has 4 rings (SSSR count). The number of aromatic nitrogens is 5. The molecule has 3 aromatic rings. The summed E-state index contributed by atoms with van der Waals surface area (Å²) in [5.41, 5.74) is 3.73. The molecule has 8 heteroatoms. The fourth-order valence-corrected chi connectivity index (χ4v) is 3.85. The average molecular weight is 364 g/mol. The standard InChI is InChI=1S/C18H16N6OS/c1-10-16(13-4-2-3-12(7-13)11-5-6-11)14(8-19)18(20-17(10)25)26-9-15-21-23-24-22-15/h2-4,7,11H,5-6,9H2,1H3,(H,20,25)(H,21,22,23,24). The first-order chi connectivity index (χ1) is 12.7. The molecule has 130 valence electrons. The summed E-state index contributed by atoms with van der Waals surface area (Å²) in [5, 5.41) is 24.0. The van der Waals surface area contributed by atoms with Crippen LogP contribution in [-0.4, -0.2) is 25.6 Å². The topological polar surface area (TPSA) is 111 Å². The van der Waals surface area contributed by atoms with Crippen LogP contribution in [-0.2, 0) is 5.75 Å². The van der Waals surface area contributed by atoms with Crippen LogP contribution in [0.15, 0.2) is 34.1 Å². The lowest BCUT2D eigenvalue weighted by atomic mass is 9.95. The largest absolute Gasteiger partial charge is 0.316 e. The smallest absolute Gasteiger partial charge is 0.252 e. The number of nitrogens with zero attached hydrogens (tertiary/aromatic N) is 4. The van der Waals surface area contributed by atoms with E-state index in [9.17, 15) is 10.1 Å². The monoisotopic (exact) mass is 364 g/mol. The SMILES string of the molecule is Cc1c(-c2cccc(C3CC3)c2)c(C#N)c(SCc2nn[nH]n2)[nH]c1=O. The Balaban J connectivity index is 1.79. The number of nitrogens with one attached hydrogen (secondary N) is 2. The van der Waals surface area contributed by atoms with Gasteiger partial charge in [0.05, 0.1) is 16.3 Å². The van der Waals surface area contributed by atoms with Crippen LogP contribution >= 0.6 is 11.8 Å². The Morgan fingerprint density at radius 3 is 2.92 bits per heavy atom. The molecule has 0 saturated heterocycles. The van der Waals surface area contributed by atoms with Crippen molar-refractivity contribution in [3.8, 4) is 17.2 Å². The first-order valence-corrected chi connectivity index (χ1v) is 9.28. The number of thioether (sulfide) groups is 1. The number of benzene rings is 1. The molecule has 1 aliphatic rings. The maximum atomic E-state index is 12.5. The second-order valence-corrected chi connectivity index (χ2v) is 7.27. The van der Waals surface area contributed by atoms with Gasteiger partial charge in [0.1, 0.15) is 6.07 Å². The zero-order valence-corrected chi connectivity index (χ0v) is 14.9. The molecule has 2 aromatic heterocycles. The lowest BCUT2D eigenvalue weighted by Crippen LogP contribution is -2.14. The third-order valence-corrected chi connectivity index (χ3v) is 5.49. The van der Waals surface area contributed by atoms with Crippen molar-refractivity contribution in [3.63, 3.8) is 0 Å². The molecule has 0 amide bonds. The molecule has 0 radical (unpaired) electrons. The van der Waals surface area contributed by atoms with E-state index in [4.69, 9.17) is 0 Å². The highest BCUT2D eigenvalue weighted by Gasteiger charge is 2.24. The van der Waals surface area contributed by atoms with Crippen LogP contribution in [0.3, 0.4) is 0 Å². The van der Waals surface area contributed by atoms with Crippen molar-refractivity contribution in [2.24, 2.45) is 0 Å². The predicted molar refractivity (Wildman–Crippen MR) is 97.7 cm³/mol. The van der Waals surface area contributed by atoms with E-state index in [1.807, 2.05) is 12.1 Å². The zero-order valence-electron chi connectivity index (χ0n) is 14.1. The lowest BCUT2D eigenvalue weighted by molar-refractivity contribution is 0.881. The van der Waals surface area contributed by atoms with Crippen molar-refractivity contribution < 1.29 is 0 Å². The number of nitriles is 1. The van der Waals surface area contributed by atoms with Gasteiger partial charge in [0.2, 0.25) is 0 Å². The van der Waals surface area contributed by atoms with E-state index in [0.29, 0.717) is 39.2 Å². The zero-order chi connectivity index (χ0) is 18.1. The number of hydrogen-bond acceptors (Lipinski definition) is 6. The number of pyridine rings is 1. The van der Waals surface area contributed by atoms with E-state index >= 15 is 0 Å². The third-order valence-electron chi connectivity index (χ3n) is 4.49. The summed E-state index contributed by atoms with van der Waals surface area (Å²) in [6.07, 6.45) is 2.41. The number of rotatable bonds is 5. The van der Waals surface area contributed by atoms with Gasteiger partial charge in [-0.05, 0) is 36.8 Å². The summed E-state index contributed by atoms with van der Waals surface area (Å²) in [6, 6.07) is 10.4. The van der Waals surface area contributed by atoms with Crippen molar-refractivity contribution in [1.29, 1.82) is 5.26 Å². The first kappa shape index (κ1) is 16.5. The molecule has 7 nitrogen and oxygen atoms in total. The fourth-order valence-electron chi connectivity index (χ4n) is 2.99. The minimum atomic E-state index is -0.188. The normalized spacial score (nSPS) is 13.5. The van der Waals surface area contributed by atoms with Crippen molar-refractivity contribution >= 4 is 11.8 Å². The molecule has 0 bridgehead atoms. The molecule has 0 spiro atoms. The number of hydrogen-bond donors (Lipinski definition) is 2. The summed E-state index contributed by atoms with van der Waals surface area (Å²) in [5.74, 6) is 1.53. The average Bonchev–Trinajstić information content (AvgIpc) is 3.38. The van der Waals surface area contributed by atoms with Crippen molar-refractivity contribution in [1.82, 2.24) is 25.6 Å². The fraction of sp³-hybridized carbons (Fsp3) is 0.278. The van der Waals surface area contributed by atoms with E-state index < -0.39 is 0 Å². The maximum Gasteiger partial charge on any atom is 0.252 e. The van der Waals surface area contributed by atoms with Gasteiger partial charge < -0.3 is 4.98 Å². The minimum Gasteiger partial charge on any atom is -0.316 e. The number of tetrazole rings is 1. The summed E-state index contributed by atoms with van der Waals surface area (Å²) in [4.78, 5) is 15.3. The summed E-state index contributed by atoms with van der Waals surface area (Å²) in [7, 11) is 0. The van der Waals surface area contributed by atoms with Gasteiger partial charge in [0, 0.05) is 11.1 Å². The highest BCUT2D eigenvalue weighted by Crippen LogP contribution is 2.42. The summed E-state index contributed by atoms with van der Waals surface area (Å²) in [6.45, 7) is 1.76. The van der Waals surface area contributed by atoms with Gasteiger partial charge in [0.25, 0.3) is 5.56 Å². The molecule has 1 aliphatic carbocycles. The van der Waals surface area contributed by atoms with Crippen LogP contribution in [0, 0.1) is 18.3 Å². The van der Waals surface area contributed by atoms with Gasteiger partial charge in [-0.15, -0.1) is 10.2 Å². The van der Waals surface area contributed by atoms with Crippen LogP contribution in [0.4, 0.5) is 0 Å². The Bertz CT molecular complexity index is 1050. The maximum absolute atomic E-state index is 12.5. The summed E-state index contributed by atoms with van der Waals surface area (Å²) < 4.78 is 0. The Labute approximate surface area is 153 Å². The lowest BCUT2D eigenvalue weighted by Gasteiger charge is -2.13. The van der Waals surface area contributed by atoms with Gasteiger partial charge in [-0.1, -0.05) is 41.2 Å². The summed E-state index contributed by atoms with van der Waals surface area (Å²) >= 11 is 1.32. The molecule has 0 unspecified atom stereocenters. The molecule has 1 saturated carbocycles. The van der Waals surface area contributed by atoms with Crippen molar-refractivity contribution in [3.05, 3.63) is 57.1 Å². The minimum absolute atomic E-state index is 0.188. The molecule has 1 fully saturated rings. The van der Waals surface area contributed by atoms with Gasteiger partial charge in [-0.2, -0.15) is 10.5 Å². The van der Waals surface area contributed by atoms with E-state index in [1.165, 1.54) is 30.2 Å². The van der Waals surface area contributed by atoms with Gasteiger partial charge in [0.15, 0.2) is 5.82 Å². The molecular weight excluding hydrogens is 348 g/mol. The molecule has 1 aromatic carbocycles. The number of H-pyrrole nitrogens is 2. The molecular formula is C18H16N6OS. The van der Waals surface area contributed by atoms with Gasteiger partial charge in [-0.25, -0.2) is 0 Å². The van der Waals surface area contributed by atoms with Crippen LogP contribution in [0.1, 0.15) is 41.3 Å². The quantitative estimate of drug-likeness (QED) is 0.673. The van der Waals surface area contributed by atoms with Gasteiger partial charge >= 0.3 is 0 Å². The second-order valence-electron chi connectivity index (χ2n) is 6.29. The van der Waals surface area contributed by atoms with Crippen molar-refractivity contribution in [2.45, 2.75) is 36.5 Å². The van der Waals surface area contributed by atoms with Crippen LogP contribution in [0.5, 0.6) is 0 Å². The predicted octanol–water partition coefficient (Wildman–Crippen LogP) is 2.90. The first-order valence-electron chi connectivity index (χ1n) is 8.30. The number of aromatic amines is 2. The molecule has 26 heavy (non-hydrogen) atoms. The van der Waals surface area contributed by atoms with Crippen LogP contribution < -0.4 is 5.56 Å². The highest BCUT2D eigenvalue weighted by molar-refractivity contribution is 7.98. The van der Waals surface area contributed by atoms with Crippen LogP contribution in [0.2, 0.25) is 0 Å². The van der Waals surface area contributed by atoms with Crippen molar-refractivity contribution in [2.75, 3.05) is 0 Å². The molecule has 0 aliphatic heterocycles. The van der Waals surface area contributed by atoms with E-state index in [0.717, 1.165) is 5.56 Å². The van der Waals surface area contributed by atoms with E-state index in [1.54, 1.807) is 6.92 Å². The molecule has 2 heterocycles.